The second-order valence-corrected chi connectivity index (χ2v) is 7.61. The first-order chi connectivity index (χ1) is 10.1. The van der Waals surface area contributed by atoms with Gasteiger partial charge in [-0.25, -0.2) is 8.42 Å². The summed E-state index contributed by atoms with van der Waals surface area (Å²) in [6, 6.07) is 8.51. The van der Waals surface area contributed by atoms with E-state index in [1.807, 2.05) is 6.08 Å². The Kier molecular flexibility index (Phi) is 3.90. The first-order valence-corrected chi connectivity index (χ1v) is 8.82. The highest BCUT2D eigenvalue weighted by Crippen LogP contribution is 2.44. The summed E-state index contributed by atoms with van der Waals surface area (Å²) in [4.78, 5) is 0.310. The molecule has 0 N–H and O–H groups in total. The molecule has 0 bridgehead atoms. The zero-order chi connectivity index (χ0) is 14.9. The maximum absolute atomic E-state index is 13.0. The van der Waals surface area contributed by atoms with E-state index >= 15 is 0 Å². The van der Waals surface area contributed by atoms with Crippen LogP contribution < -0.4 is 0 Å². The van der Waals surface area contributed by atoms with Gasteiger partial charge in [-0.2, -0.15) is 0 Å². The maximum atomic E-state index is 13.0. The highest BCUT2D eigenvalue weighted by Gasteiger charge is 2.55. The standard InChI is InChI=1S/C16H20O4S/c1-19-16-13(7-5-6-12-20-16)10-11-15(16)21(17,18)14-8-3-2-4-9-14/h2-4,8-11,13,15H,5-7,12H2,1H3/t13-,15+,16-/m1/s1. The summed E-state index contributed by atoms with van der Waals surface area (Å²) in [7, 11) is -1.99. The third-order valence-corrected chi connectivity index (χ3v) is 6.48. The lowest BCUT2D eigenvalue weighted by Gasteiger charge is -2.37. The molecule has 3 atom stereocenters. The van der Waals surface area contributed by atoms with E-state index in [1.165, 1.54) is 0 Å². The van der Waals surface area contributed by atoms with E-state index in [1.54, 1.807) is 43.5 Å². The minimum atomic E-state index is -3.53. The smallest absolute Gasteiger partial charge is 0.195 e. The number of methoxy groups -OCH3 is 1. The Morgan fingerprint density at radius 3 is 2.67 bits per heavy atom. The van der Waals surface area contributed by atoms with Crippen molar-refractivity contribution in [3.63, 3.8) is 0 Å². The van der Waals surface area contributed by atoms with Crippen LogP contribution in [0.25, 0.3) is 0 Å². The molecular formula is C16H20O4S. The molecule has 21 heavy (non-hydrogen) atoms. The highest BCUT2D eigenvalue weighted by atomic mass is 32.2. The Labute approximate surface area is 125 Å². The molecule has 114 valence electrons. The Morgan fingerprint density at radius 1 is 1.19 bits per heavy atom. The van der Waals surface area contributed by atoms with Crippen molar-refractivity contribution in [2.24, 2.45) is 5.92 Å². The third kappa shape index (κ3) is 2.33. The van der Waals surface area contributed by atoms with Gasteiger partial charge >= 0.3 is 0 Å². The summed E-state index contributed by atoms with van der Waals surface area (Å²) in [5.41, 5.74) is 0. The molecular weight excluding hydrogens is 288 g/mol. The van der Waals surface area contributed by atoms with Crippen LogP contribution in [0, 0.1) is 5.92 Å². The van der Waals surface area contributed by atoms with E-state index in [4.69, 9.17) is 9.47 Å². The Hall–Kier alpha value is -1.17. The monoisotopic (exact) mass is 308 g/mol. The molecule has 1 fully saturated rings. The van der Waals surface area contributed by atoms with Crippen LogP contribution in [0.5, 0.6) is 0 Å². The van der Waals surface area contributed by atoms with Crippen molar-refractivity contribution < 1.29 is 17.9 Å². The Balaban J connectivity index is 2.03. The zero-order valence-electron chi connectivity index (χ0n) is 12.1. The van der Waals surface area contributed by atoms with E-state index < -0.39 is 20.9 Å². The van der Waals surface area contributed by atoms with Crippen molar-refractivity contribution in [1.29, 1.82) is 0 Å². The molecule has 2 aliphatic rings. The van der Waals surface area contributed by atoms with Crippen molar-refractivity contribution >= 4 is 9.84 Å². The topological polar surface area (TPSA) is 52.6 Å². The normalized spacial score (nSPS) is 32.6. The van der Waals surface area contributed by atoms with Crippen LogP contribution in [0.4, 0.5) is 0 Å². The van der Waals surface area contributed by atoms with Crippen molar-refractivity contribution in [2.45, 2.75) is 35.2 Å². The molecule has 4 nitrogen and oxygen atoms in total. The van der Waals surface area contributed by atoms with Crippen molar-refractivity contribution in [3.05, 3.63) is 42.5 Å². The van der Waals surface area contributed by atoms with Crippen molar-refractivity contribution in [2.75, 3.05) is 13.7 Å². The van der Waals surface area contributed by atoms with Gasteiger partial charge in [0.25, 0.3) is 0 Å². The van der Waals surface area contributed by atoms with Crippen LogP contribution in [0.15, 0.2) is 47.4 Å². The van der Waals surface area contributed by atoms with Gasteiger partial charge in [0.15, 0.2) is 15.6 Å². The number of ether oxygens (including phenoxy) is 2. The summed E-state index contributed by atoms with van der Waals surface area (Å²) in [5, 5.41) is -0.791. The van der Waals surface area contributed by atoms with Gasteiger partial charge in [0.05, 0.1) is 11.5 Å². The van der Waals surface area contributed by atoms with Gasteiger partial charge < -0.3 is 9.47 Å². The molecule has 0 amide bonds. The van der Waals surface area contributed by atoms with Crippen LogP contribution in [0.2, 0.25) is 0 Å². The van der Waals surface area contributed by atoms with Gasteiger partial charge in [0, 0.05) is 13.0 Å². The van der Waals surface area contributed by atoms with E-state index in [-0.39, 0.29) is 5.92 Å². The van der Waals surface area contributed by atoms with Gasteiger partial charge in [-0.3, -0.25) is 0 Å². The van der Waals surface area contributed by atoms with Gasteiger partial charge in [0.1, 0.15) is 5.25 Å². The number of sulfone groups is 1. The number of fused-ring (bicyclic) bond motifs is 1. The number of hydrogen-bond acceptors (Lipinski definition) is 4. The van der Waals surface area contributed by atoms with E-state index in [2.05, 4.69) is 0 Å². The van der Waals surface area contributed by atoms with Gasteiger partial charge in [0.2, 0.25) is 0 Å². The molecule has 0 spiro atoms. The SMILES string of the molecule is CO[C@@]12OCCCC[C@@H]1C=C[C@@H]2S(=O)(=O)c1ccccc1. The molecule has 1 saturated heterocycles. The minimum absolute atomic E-state index is 0.00603. The molecule has 0 unspecified atom stereocenters. The zero-order valence-corrected chi connectivity index (χ0v) is 12.9. The maximum Gasteiger partial charge on any atom is 0.195 e. The fourth-order valence-corrected chi connectivity index (χ4v) is 5.20. The molecule has 1 aliphatic heterocycles. The lowest BCUT2D eigenvalue weighted by molar-refractivity contribution is -0.230. The van der Waals surface area contributed by atoms with Gasteiger partial charge in [-0.15, -0.1) is 0 Å². The predicted octanol–water partition coefficient (Wildman–Crippen LogP) is 2.56. The van der Waals surface area contributed by atoms with Crippen LogP contribution in [-0.2, 0) is 19.3 Å². The molecule has 1 aromatic rings. The first kappa shape index (κ1) is 14.8. The molecule has 1 heterocycles. The summed E-state index contributed by atoms with van der Waals surface area (Å²) in [6.45, 7) is 0.535. The fraction of sp³-hybridized carbons (Fsp3) is 0.500. The summed E-state index contributed by atoms with van der Waals surface area (Å²) in [5.74, 6) is -1.08. The molecule has 1 aromatic carbocycles. The predicted molar refractivity (Wildman–Crippen MR) is 79.6 cm³/mol. The van der Waals surface area contributed by atoms with E-state index in [0.29, 0.717) is 11.5 Å². The second-order valence-electron chi connectivity index (χ2n) is 5.54. The average molecular weight is 308 g/mol. The van der Waals surface area contributed by atoms with Crippen LogP contribution in [0.3, 0.4) is 0 Å². The third-order valence-electron chi connectivity index (χ3n) is 4.39. The van der Waals surface area contributed by atoms with Gasteiger partial charge in [-0.05, 0) is 25.0 Å². The average Bonchev–Trinajstić information content (AvgIpc) is 2.75. The molecule has 0 aromatic heterocycles. The molecule has 5 heteroatoms. The molecule has 1 aliphatic carbocycles. The van der Waals surface area contributed by atoms with Crippen LogP contribution in [0.1, 0.15) is 19.3 Å². The van der Waals surface area contributed by atoms with Crippen molar-refractivity contribution in [3.8, 4) is 0 Å². The van der Waals surface area contributed by atoms with Gasteiger partial charge in [-0.1, -0.05) is 36.8 Å². The van der Waals surface area contributed by atoms with Crippen LogP contribution in [-0.4, -0.2) is 33.2 Å². The van der Waals surface area contributed by atoms with E-state index in [0.717, 1.165) is 19.3 Å². The molecule has 0 radical (unpaired) electrons. The number of benzene rings is 1. The Morgan fingerprint density at radius 2 is 1.95 bits per heavy atom. The largest absolute Gasteiger partial charge is 0.351 e. The minimum Gasteiger partial charge on any atom is -0.351 e. The summed E-state index contributed by atoms with van der Waals surface area (Å²) >= 11 is 0. The van der Waals surface area contributed by atoms with Crippen LogP contribution >= 0.6 is 0 Å². The lowest BCUT2D eigenvalue weighted by atomic mass is 9.97. The highest BCUT2D eigenvalue weighted by molar-refractivity contribution is 7.92. The van der Waals surface area contributed by atoms with E-state index in [9.17, 15) is 8.42 Å². The second kappa shape index (κ2) is 5.55. The summed E-state index contributed by atoms with van der Waals surface area (Å²) < 4.78 is 37.5. The summed E-state index contributed by atoms with van der Waals surface area (Å²) in [6.07, 6.45) is 6.54. The number of rotatable bonds is 3. The number of hydrogen-bond donors (Lipinski definition) is 0. The quantitative estimate of drug-likeness (QED) is 0.805. The molecule has 3 rings (SSSR count). The fourth-order valence-electron chi connectivity index (χ4n) is 3.30. The molecule has 0 saturated carbocycles. The first-order valence-electron chi connectivity index (χ1n) is 7.27. The lowest BCUT2D eigenvalue weighted by Crippen LogP contribution is -2.51. The Bertz CT molecular complexity index is 623. The van der Waals surface area contributed by atoms with Crippen molar-refractivity contribution in [1.82, 2.24) is 0 Å².